The maximum absolute atomic E-state index is 7.53. The van der Waals surface area contributed by atoms with Gasteiger partial charge < -0.3 is 29.9 Å². The van der Waals surface area contributed by atoms with Gasteiger partial charge in [0.2, 0.25) is 0 Å². The van der Waals surface area contributed by atoms with Gasteiger partial charge in [-0.1, -0.05) is 201 Å². The number of rotatable bonds is 9. The van der Waals surface area contributed by atoms with Crippen LogP contribution in [0.25, 0.3) is 128 Å². The van der Waals surface area contributed by atoms with Crippen LogP contribution in [-0.2, 0) is 60.3 Å². The van der Waals surface area contributed by atoms with E-state index in [1.54, 1.807) is 89.0 Å². The normalized spacial score (nSPS) is 12.6. The monoisotopic (exact) mass is 2090 g/mol. The molecule has 0 amide bonds. The third-order valence-corrected chi connectivity index (χ3v) is 27.8. The van der Waals surface area contributed by atoms with Crippen molar-refractivity contribution in [2.24, 2.45) is 0 Å². The zero-order chi connectivity index (χ0) is 82.9. The average Bonchev–Trinajstić information content (AvgIpc) is 1.61. The Kier molecular flexibility index (Phi) is 25.2. The molecule has 9 heterocycles. The molecule has 3 radical (unpaired) electrons. The van der Waals surface area contributed by atoms with Crippen molar-refractivity contribution in [2.45, 2.75) is 79.5 Å². The first-order chi connectivity index (χ1) is 55.8. The van der Waals surface area contributed by atoms with Crippen LogP contribution in [-0.4, -0.2) is 54.1 Å². The third kappa shape index (κ3) is 21.1. The van der Waals surface area contributed by atoms with Crippen molar-refractivity contribution in [3.05, 3.63) is 345 Å². The van der Waals surface area contributed by atoms with Gasteiger partial charge in [0, 0.05) is 124 Å². The summed E-state index contributed by atoms with van der Waals surface area (Å²) in [5.41, 5.74) is 11.9. The molecular weight excluding hydrogens is 1990 g/mol. The summed E-state index contributed by atoms with van der Waals surface area (Å²) in [5.74, 6) is 0. The van der Waals surface area contributed by atoms with Crippen molar-refractivity contribution in [2.75, 3.05) is 0 Å². The fourth-order valence-electron chi connectivity index (χ4n) is 12.2. The molecule has 6 nitrogen and oxygen atoms in total. The zero-order valence-corrected chi connectivity index (χ0v) is 75.3. The number of benzene rings is 9. The molecule has 0 saturated carbocycles. The zero-order valence-electron chi connectivity index (χ0n) is 71.6. The van der Waals surface area contributed by atoms with E-state index in [0.29, 0.717) is 0 Å². The average molecular weight is 2090 g/mol. The van der Waals surface area contributed by atoms with Crippen LogP contribution in [0.15, 0.2) is 292 Å². The number of nitrogens with zero attached hydrogens (tertiary/aromatic N) is 6. The van der Waals surface area contributed by atoms with Gasteiger partial charge in [-0.25, -0.2) is 0 Å². The molecule has 0 bridgehead atoms. The van der Waals surface area contributed by atoms with Crippen LogP contribution in [0.2, 0.25) is 58.9 Å². The number of hydrogen-bond acceptors (Lipinski definition) is 9. The predicted octanol–water partition coefficient (Wildman–Crippen LogP) is 24.9. The first-order valence-corrected chi connectivity index (χ1v) is 48.5. The SMILES string of the molecule is [2H]C([2H])([2H])c1ccc(-c2[c-]ccc3c2sc2c([Si](C)(C)C)cccc23)nc1.[2H]C([2H])([2H])c1ccc(-c2[c-]ccc3c2sc2cc([Si](C)(C)C)ccc23)nc1.[2H]C([2H])([2H])c1ccc(-c2[c-]ccc3c2sc2ccc([Si](C)(C)C)cc23)nc1.[Ir].[Ir].[Ir].[c-]1ccccc1-c1ccccn1.[c-]1ccccc1-c1ccccn1.[c-]1ccccc1-c1ccccn1. The van der Waals surface area contributed by atoms with Crippen LogP contribution in [0.4, 0.5) is 0 Å². The topological polar surface area (TPSA) is 77.3 Å². The summed E-state index contributed by atoms with van der Waals surface area (Å²) in [6.45, 7) is 14.9. The minimum absolute atomic E-state index is 0. The van der Waals surface area contributed by atoms with Gasteiger partial charge in [-0.15, -0.1) is 179 Å². The van der Waals surface area contributed by atoms with Crippen molar-refractivity contribution < 1.29 is 72.7 Å². The molecule has 9 aromatic carbocycles. The van der Waals surface area contributed by atoms with Gasteiger partial charge in [0.25, 0.3) is 0 Å². The fourth-order valence-corrected chi connectivity index (χ4v) is 20.8. The molecular formula is C96H84Ir3N6S3Si3-6. The van der Waals surface area contributed by atoms with Gasteiger partial charge in [0.05, 0.1) is 24.2 Å². The number of aromatic nitrogens is 6. The second-order valence-electron chi connectivity index (χ2n) is 28.7. The molecule has 0 aliphatic carbocycles. The molecule has 18 rings (SSSR count). The van der Waals surface area contributed by atoms with Gasteiger partial charge in [0.15, 0.2) is 0 Å². The van der Waals surface area contributed by atoms with Crippen molar-refractivity contribution in [3.8, 4) is 67.5 Å². The molecule has 0 spiro atoms. The molecule has 0 saturated heterocycles. The number of fused-ring (bicyclic) bond motifs is 9. The quantitative estimate of drug-likeness (QED) is 0.106. The van der Waals surface area contributed by atoms with E-state index >= 15 is 0 Å². The van der Waals surface area contributed by atoms with E-state index in [9.17, 15) is 0 Å². The second-order valence-corrected chi connectivity index (χ2v) is 47.0. The van der Waals surface area contributed by atoms with E-state index in [1.807, 2.05) is 146 Å². The van der Waals surface area contributed by atoms with Crippen LogP contribution in [0.3, 0.4) is 0 Å². The molecule has 15 heteroatoms. The Labute approximate surface area is 722 Å². The van der Waals surface area contributed by atoms with Gasteiger partial charge in [0.1, 0.15) is 0 Å². The Bertz CT molecular complexity index is 6010. The predicted molar refractivity (Wildman–Crippen MR) is 473 cm³/mol. The largest absolute Gasteiger partial charge is 0.305 e. The Morgan fingerprint density at radius 1 is 0.279 bits per heavy atom. The summed E-state index contributed by atoms with van der Waals surface area (Å²) >= 11 is 5.31. The van der Waals surface area contributed by atoms with E-state index in [0.717, 1.165) is 81.6 Å². The summed E-state index contributed by atoms with van der Waals surface area (Å²) < 4.78 is 75.0. The number of thiophene rings is 3. The molecule has 0 aliphatic heterocycles. The van der Waals surface area contributed by atoms with Crippen LogP contribution >= 0.6 is 34.0 Å². The maximum Gasteiger partial charge on any atom is 0.0794 e. The number of aryl methyl sites for hydroxylation is 3. The van der Waals surface area contributed by atoms with Crippen molar-refractivity contribution in [3.63, 3.8) is 0 Å². The number of hydrogen-bond donors (Lipinski definition) is 0. The number of pyridine rings is 6. The van der Waals surface area contributed by atoms with E-state index in [-0.39, 0.29) is 77.0 Å². The fraction of sp³-hybridized carbons (Fsp3) is 0.125. The van der Waals surface area contributed by atoms with Gasteiger partial charge in [-0.2, -0.15) is 34.0 Å². The summed E-state index contributed by atoms with van der Waals surface area (Å²) in [6, 6.07) is 103. The summed E-state index contributed by atoms with van der Waals surface area (Å²) in [4.78, 5) is 25.9. The Hall–Kier alpha value is -8.86. The summed E-state index contributed by atoms with van der Waals surface area (Å²) in [5, 5.41) is 11.8. The molecule has 561 valence electrons. The molecule has 0 N–H and O–H groups in total. The first kappa shape index (κ1) is 72.4. The van der Waals surface area contributed by atoms with E-state index in [4.69, 9.17) is 12.3 Å². The van der Waals surface area contributed by atoms with E-state index < -0.39 is 44.8 Å². The Balaban J connectivity index is 0.000000156. The summed E-state index contributed by atoms with van der Waals surface area (Å²) in [6.07, 6.45) is 9.72. The second kappa shape index (κ2) is 38.6. The molecule has 0 fully saturated rings. The van der Waals surface area contributed by atoms with Crippen molar-refractivity contribution >= 4 is 134 Å². The van der Waals surface area contributed by atoms with Crippen molar-refractivity contribution in [1.29, 1.82) is 0 Å². The van der Waals surface area contributed by atoms with Gasteiger partial charge in [-0.3, -0.25) is 0 Å². The van der Waals surface area contributed by atoms with Crippen LogP contribution < -0.4 is 15.6 Å². The Morgan fingerprint density at radius 2 is 0.667 bits per heavy atom. The minimum Gasteiger partial charge on any atom is -0.305 e. The smallest absolute Gasteiger partial charge is 0.0794 e. The molecule has 0 atom stereocenters. The van der Waals surface area contributed by atoms with Gasteiger partial charge in [-0.05, 0) is 137 Å². The first-order valence-electron chi connectivity index (χ1n) is 40.0. The van der Waals surface area contributed by atoms with Crippen LogP contribution in [0.5, 0.6) is 0 Å². The molecule has 9 aromatic heterocycles. The molecule has 111 heavy (non-hydrogen) atoms. The van der Waals surface area contributed by atoms with E-state index in [2.05, 4.69) is 198 Å². The van der Waals surface area contributed by atoms with Crippen LogP contribution in [0.1, 0.15) is 29.0 Å². The minimum atomic E-state index is -2.13. The van der Waals surface area contributed by atoms with Crippen LogP contribution in [0, 0.1) is 57.0 Å². The molecule has 0 aliphatic rings. The standard InChI is InChI=1S/3C21H20NSSi.3C11H8N.3Ir/c1-14-11-12-18(22-13-14)17-9-5-7-15-16-8-6-10-19(24(2,3)4)21(16)23-20(15)17;1-14-8-11-19(22-13-14)18-7-5-6-17-16-10-9-15(24(2,3)4)12-20(16)23-21(17)18;1-14-8-10-19(22-13-14)17-7-5-6-16-18-12-15(24(2,3)4)9-11-20(18)23-21(16)17;3*1-2-6-10(7-3-1)11-8-4-5-9-12-11;;;/h5-8,10-13H,1-4H3;2*5-6,8-13H,1-4H3;3*1-6,8-9H;;;/q6*-1;;;/i3*1D3;;;;;;. The molecule has 18 aromatic rings. The van der Waals surface area contributed by atoms with Gasteiger partial charge >= 0.3 is 0 Å². The molecule has 0 unspecified atom stereocenters. The van der Waals surface area contributed by atoms with E-state index in [1.165, 1.54) is 80.6 Å². The third-order valence-electron chi connectivity index (χ3n) is 17.9. The maximum atomic E-state index is 7.53. The Morgan fingerprint density at radius 3 is 1.05 bits per heavy atom. The van der Waals surface area contributed by atoms with Crippen molar-refractivity contribution in [1.82, 2.24) is 29.9 Å². The summed E-state index contributed by atoms with van der Waals surface area (Å²) in [7, 11) is -4.21.